The average Bonchev–Trinajstić information content (AvgIpc) is 2.83. The molecule has 0 aromatic carbocycles. The van der Waals surface area contributed by atoms with E-state index in [1.165, 1.54) is 0 Å². The van der Waals surface area contributed by atoms with Crippen LogP contribution in [0.25, 0.3) is 0 Å². The van der Waals surface area contributed by atoms with Crippen molar-refractivity contribution in [3.05, 3.63) is 18.2 Å². The Labute approximate surface area is 124 Å². The number of carbonyl (C=O) groups is 2. The molecule has 2 amide bonds. The number of amides is 2. The molecule has 0 bridgehead atoms. The molecule has 1 aliphatic rings. The summed E-state index contributed by atoms with van der Waals surface area (Å²) in [6.07, 6.45) is 6.21. The molecule has 1 unspecified atom stereocenters. The molecule has 1 aromatic rings. The third-order valence-corrected chi connectivity index (χ3v) is 3.91. The van der Waals surface area contributed by atoms with E-state index >= 15 is 0 Å². The topological polar surface area (TPSA) is 78.7 Å². The molecule has 0 spiro atoms. The number of rotatable bonds is 4. The van der Waals surface area contributed by atoms with E-state index in [1.54, 1.807) is 23.0 Å². The normalized spacial score (nSPS) is 18.6. The number of imidazole rings is 1. The molecule has 1 N–H and O–H groups in total. The largest absolute Gasteiger partial charge is 0.481 e. The quantitative estimate of drug-likeness (QED) is 0.908. The lowest BCUT2D eigenvalue weighted by atomic mass is 10.00. The Morgan fingerprint density at radius 1 is 1.48 bits per heavy atom. The number of hydrogen-bond donors (Lipinski definition) is 1. The predicted octanol–water partition coefficient (Wildman–Crippen LogP) is 1.30. The average molecular weight is 294 g/mol. The Hall–Kier alpha value is -2.05. The highest BCUT2D eigenvalue weighted by Gasteiger charge is 2.30. The second-order valence-electron chi connectivity index (χ2n) is 5.53. The van der Waals surface area contributed by atoms with Crippen molar-refractivity contribution >= 4 is 12.0 Å². The maximum Gasteiger partial charge on any atom is 0.320 e. The summed E-state index contributed by atoms with van der Waals surface area (Å²) in [7, 11) is 3.61. The van der Waals surface area contributed by atoms with E-state index in [2.05, 4.69) is 4.98 Å². The van der Waals surface area contributed by atoms with E-state index in [9.17, 15) is 9.59 Å². The molecule has 1 fully saturated rings. The molecule has 0 radical (unpaired) electrons. The van der Waals surface area contributed by atoms with Crippen LogP contribution in [0.2, 0.25) is 0 Å². The van der Waals surface area contributed by atoms with Crippen molar-refractivity contribution in [1.29, 1.82) is 0 Å². The van der Waals surface area contributed by atoms with Gasteiger partial charge in [-0.1, -0.05) is 0 Å². The molecular weight excluding hydrogens is 272 g/mol. The Morgan fingerprint density at radius 2 is 2.24 bits per heavy atom. The van der Waals surface area contributed by atoms with Gasteiger partial charge in [-0.25, -0.2) is 9.78 Å². The zero-order valence-electron chi connectivity index (χ0n) is 12.5. The molecular formula is C14H22N4O3. The minimum absolute atomic E-state index is 0.0159. The zero-order chi connectivity index (χ0) is 15.4. The number of likely N-dealkylation sites (tertiary alicyclic amines) is 1. The van der Waals surface area contributed by atoms with Crippen LogP contribution < -0.4 is 0 Å². The van der Waals surface area contributed by atoms with Crippen LogP contribution in [0, 0.1) is 0 Å². The molecule has 7 nitrogen and oxygen atoms in total. The van der Waals surface area contributed by atoms with Crippen LogP contribution in [0.15, 0.2) is 12.4 Å². The van der Waals surface area contributed by atoms with E-state index in [1.807, 2.05) is 17.8 Å². The van der Waals surface area contributed by atoms with Gasteiger partial charge in [0.15, 0.2) is 0 Å². The summed E-state index contributed by atoms with van der Waals surface area (Å²) in [4.78, 5) is 31.0. The van der Waals surface area contributed by atoms with Gasteiger partial charge in [0.1, 0.15) is 5.82 Å². The first kappa shape index (κ1) is 15.3. The maximum absolute atomic E-state index is 12.5. The Morgan fingerprint density at radius 3 is 2.86 bits per heavy atom. The van der Waals surface area contributed by atoms with Gasteiger partial charge in [-0.2, -0.15) is 0 Å². The minimum atomic E-state index is -0.855. The van der Waals surface area contributed by atoms with Gasteiger partial charge >= 0.3 is 12.0 Å². The number of carboxylic acids is 1. The van der Waals surface area contributed by atoms with Gasteiger partial charge in [-0.3, -0.25) is 4.79 Å². The van der Waals surface area contributed by atoms with Crippen molar-refractivity contribution < 1.29 is 14.7 Å². The molecule has 1 aromatic heterocycles. The summed E-state index contributed by atoms with van der Waals surface area (Å²) in [5.74, 6) is -0.0518. The van der Waals surface area contributed by atoms with Crippen LogP contribution in [-0.4, -0.2) is 56.1 Å². The van der Waals surface area contributed by atoms with Gasteiger partial charge in [-0.05, 0) is 19.3 Å². The number of aryl methyl sites for hydroxylation is 1. The molecule has 0 saturated carbocycles. The number of hydrogen-bond acceptors (Lipinski definition) is 3. The molecule has 116 valence electrons. The van der Waals surface area contributed by atoms with Crippen LogP contribution in [0.5, 0.6) is 0 Å². The molecule has 0 aliphatic carbocycles. The van der Waals surface area contributed by atoms with Crippen molar-refractivity contribution in [3.8, 4) is 0 Å². The van der Waals surface area contributed by atoms with Crippen molar-refractivity contribution in [2.24, 2.45) is 7.05 Å². The standard InChI is InChI=1S/C14H22N4O3/c1-16-8-6-15-12(16)10-17(2)14(21)18-7-4-3-5-11(18)9-13(19)20/h6,8,11H,3-5,7,9-10H2,1-2H3,(H,19,20). The lowest BCUT2D eigenvalue weighted by Gasteiger charge is -2.37. The molecule has 1 aliphatic heterocycles. The smallest absolute Gasteiger partial charge is 0.320 e. The first-order valence-corrected chi connectivity index (χ1v) is 7.18. The highest BCUT2D eigenvalue weighted by atomic mass is 16.4. The number of aromatic nitrogens is 2. The fourth-order valence-corrected chi connectivity index (χ4v) is 2.71. The summed E-state index contributed by atoms with van der Waals surface area (Å²) >= 11 is 0. The summed E-state index contributed by atoms with van der Waals surface area (Å²) in [5, 5.41) is 8.98. The fraction of sp³-hybridized carbons (Fsp3) is 0.643. The molecule has 1 saturated heterocycles. The highest BCUT2D eigenvalue weighted by Crippen LogP contribution is 2.21. The molecule has 21 heavy (non-hydrogen) atoms. The number of urea groups is 1. The van der Waals surface area contributed by atoms with E-state index in [4.69, 9.17) is 5.11 Å². The van der Waals surface area contributed by atoms with Crippen molar-refractivity contribution in [1.82, 2.24) is 19.4 Å². The van der Waals surface area contributed by atoms with Gasteiger partial charge in [0.2, 0.25) is 0 Å². The van der Waals surface area contributed by atoms with Crippen LogP contribution in [-0.2, 0) is 18.4 Å². The van der Waals surface area contributed by atoms with Gasteiger partial charge < -0.3 is 19.5 Å². The third kappa shape index (κ3) is 3.74. The second kappa shape index (κ2) is 6.60. The summed E-state index contributed by atoms with van der Waals surface area (Å²) in [5.41, 5.74) is 0. The van der Waals surface area contributed by atoms with Crippen LogP contribution in [0.1, 0.15) is 31.5 Å². The van der Waals surface area contributed by atoms with Crippen LogP contribution >= 0.6 is 0 Å². The number of carboxylic acid groups (broad SMARTS) is 1. The maximum atomic E-state index is 12.5. The van der Waals surface area contributed by atoms with Crippen LogP contribution in [0.4, 0.5) is 4.79 Å². The van der Waals surface area contributed by atoms with Gasteiger partial charge in [0.25, 0.3) is 0 Å². The van der Waals surface area contributed by atoms with Crippen LogP contribution in [0.3, 0.4) is 0 Å². The van der Waals surface area contributed by atoms with Crippen molar-refractivity contribution in [2.75, 3.05) is 13.6 Å². The first-order chi connectivity index (χ1) is 9.99. The van der Waals surface area contributed by atoms with Crippen molar-refractivity contribution in [2.45, 2.75) is 38.3 Å². The number of piperidine rings is 1. The second-order valence-corrected chi connectivity index (χ2v) is 5.53. The molecule has 2 heterocycles. The Bertz CT molecular complexity index is 514. The lowest BCUT2D eigenvalue weighted by molar-refractivity contribution is -0.138. The molecule has 7 heteroatoms. The van der Waals surface area contributed by atoms with E-state index < -0.39 is 5.97 Å². The summed E-state index contributed by atoms with van der Waals surface area (Å²) in [6, 6.07) is -0.323. The molecule has 1 atom stereocenters. The Kier molecular flexibility index (Phi) is 4.82. The minimum Gasteiger partial charge on any atom is -0.481 e. The summed E-state index contributed by atoms with van der Waals surface area (Å²) < 4.78 is 1.87. The van der Waals surface area contributed by atoms with E-state index in [0.717, 1.165) is 25.1 Å². The van der Waals surface area contributed by atoms with Crippen molar-refractivity contribution in [3.63, 3.8) is 0 Å². The monoisotopic (exact) mass is 294 g/mol. The zero-order valence-corrected chi connectivity index (χ0v) is 12.5. The number of carbonyl (C=O) groups excluding carboxylic acids is 1. The highest BCUT2D eigenvalue weighted by molar-refractivity contribution is 5.76. The van der Waals surface area contributed by atoms with E-state index in [0.29, 0.717) is 13.1 Å². The first-order valence-electron chi connectivity index (χ1n) is 7.18. The predicted molar refractivity (Wildman–Crippen MR) is 76.7 cm³/mol. The number of nitrogens with zero attached hydrogens (tertiary/aromatic N) is 4. The summed E-state index contributed by atoms with van der Waals surface area (Å²) in [6.45, 7) is 1.04. The lowest BCUT2D eigenvalue weighted by Crippen LogP contribution is -2.49. The van der Waals surface area contributed by atoms with E-state index in [-0.39, 0.29) is 18.5 Å². The third-order valence-electron chi connectivity index (χ3n) is 3.91. The van der Waals surface area contributed by atoms with Gasteiger partial charge in [-0.15, -0.1) is 0 Å². The fourth-order valence-electron chi connectivity index (χ4n) is 2.71. The molecule has 2 rings (SSSR count). The number of aliphatic carboxylic acids is 1. The van der Waals surface area contributed by atoms with Gasteiger partial charge in [0, 0.05) is 39.1 Å². The SMILES string of the molecule is CN(Cc1nccn1C)C(=O)N1CCCCC1CC(=O)O. The van der Waals surface area contributed by atoms with Gasteiger partial charge in [0.05, 0.1) is 13.0 Å². The Balaban J connectivity index is 2.02.